The van der Waals surface area contributed by atoms with Crippen LogP contribution in [0.15, 0.2) is 40.2 Å². The van der Waals surface area contributed by atoms with Crippen LogP contribution in [0.5, 0.6) is 0 Å². The van der Waals surface area contributed by atoms with Crippen LogP contribution in [0.4, 0.5) is 0 Å². The summed E-state index contributed by atoms with van der Waals surface area (Å²) in [4.78, 5) is 0. The van der Waals surface area contributed by atoms with Gasteiger partial charge in [0.15, 0.2) is 5.84 Å². The number of oxime groups is 1. The fraction of sp³-hybridized carbons (Fsp3) is 0.0909. The number of aromatic nitrogens is 2. The van der Waals surface area contributed by atoms with E-state index >= 15 is 0 Å². The van der Waals surface area contributed by atoms with Crippen LogP contribution in [0.3, 0.4) is 0 Å². The first-order valence-electron chi connectivity index (χ1n) is 4.91. The number of nitrogens with two attached hydrogens (primary N) is 1. The molecule has 6 heteroatoms. The number of aryl methyl sites for hydroxylation is 1. The summed E-state index contributed by atoms with van der Waals surface area (Å²) in [6.07, 6.45) is 3.50. The van der Waals surface area contributed by atoms with E-state index in [1.807, 2.05) is 25.3 Å². The lowest BCUT2D eigenvalue weighted by atomic mass is 10.1. The Labute approximate surface area is 107 Å². The standard InChI is InChI=1S/C11H11BrN4O/c1-7-3-2-4-9(11(13)15-17)10(7)16-6-8(12)5-14-16/h2-6,17H,1H3,(H2,13,15). The Morgan fingerprint density at radius 3 is 2.88 bits per heavy atom. The molecule has 0 radical (unpaired) electrons. The number of hydrogen-bond donors (Lipinski definition) is 2. The third kappa shape index (κ3) is 2.16. The number of halogens is 1. The van der Waals surface area contributed by atoms with Crippen molar-refractivity contribution in [3.8, 4) is 5.69 Å². The van der Waals surface area contributed by atoms with E-state index < -0.39 is 0 Å². The van der Waals surface area contributed by atoms with E-state index in [9.17, 15) is 0 Å². The smallest absolute Gasteiger partial charge is 0.172 e. The van der Waals surface area contributed by atoms with Gasteiger partial charge in [0.25, 0.3) is 0 Å². The molecular weight excluding hydrogens is 284 g/mol. The quantitative estimate of drug-likeness (QED) is 0.385. The molecule has 0 unspecified atom stereocenters. The van der Waals surface area contributed by atoms with E-state index in [0.717, 1.165) is 15.7 Å². The molecule has 88 valence electrons. The van der Waals surface area contributed by atoms with E-state index in [4.69, 9.17) is 10.9 Å². The summed E-state index contributed by atoms with van der Waals surface area (Å²) in [6, 6.07) is 5.58. The van der Waals surface area contributed by atoms with E-state index in [1.54, 1.807) is 16.9 Å². The summed E-state index contributed by atoms with van der Waals surface area (Å²) in [5.41, 5.74) is 8.09. The Bertz CT molecular complexity index is 577. The molecule has 0 atom stereocenters. The van der Waals surface area contributed by atoms with Crippen molar-refractivity contribution in [2.45, 2.75) is 6.92 Å². The summed E-state index contributed by atoms with van der Waals surface area (Å²) in [5, 5.41) is 16.0. The molecule has 0 aliphatic carbocycles. The summed E-state index contributed by atoms with van der Waals surface area (Å²) in [7, 11) is 0. The molecule has 17 heavy (non-hydrogen) atoms. The third-order valence-electron chi connectivity index (χ3n) is 2.40. The molecule has 2 rings (SSSR count). The van der Waals surface area contributed by atoms with E-state index in [-0.39, 0.29) is 5.84 Å². The minimum absolute atomic E-state index is 0.0651. The Morgan fingerprint density at radius 1 is 1.53 bits per heavy atom. The third-order valence-corrected chi connectivity index (χ3v) is 2.81. The lowest BCUT2D eigenvalue weighted by Gasteiger charge is -2.11. The van der Waals surface area contributed by atoms with Gasteiger partial charge in [0.05, 0.1) is 16.4 Å². The van der Waals surface area contributed by atoms with Gasteiger partial charge < -0.3 is 10.9 Å². The molecular formula is C11H11BrN4O. The van der Waals surface area contributed by atoms with Crippen molar-refractivity contribution < 1.29 is 5.21 Å². The van der Waals surface area contributed by atoms with Gasteiger partial charge in [0, 0.05) is 11.8 Å². The lowest BCUT2D eigenvalue weighted by Crippen LogP contribution is -2.17. The van der Waals surface area contributed by atoms with Crippen LogP contribution >= 0.6 is 15.9 Å². The zero-order valence-corrected chi connectivity index (χ0v) is 10.7. The molecule has 0 amide bonds. The first-order valence-corrected chi connectivity index (χ1v) is 5.71. The highest BCUT2D eigenvalue weighted by Gasteiger charge is 2.12. The molecule has 0 saturated carbocycles. The average molecular weight is 295 g/mol. The molecule has 0 spiro atoms. The molecule has 0 bridgehead atoms. The fourth-order valence-electron chi connectivity index (χ4n) is 1.65. The van der Waals surface area contributed by atoms with Gasteiger partial charge in [-0.1, -0.05) is 17.3 Å². The number of para-hydroxylation sites is 1. The molecule has 0 aliphatic rings. The lowest BCUT2D eigenvalue weighted by molar-refractivity contribution is 0.318. The normalized spacial score (nSPS) is 11.8. The minimum atomic E-state index is 0.0651. The van der Waals surface area contributed by atoms with Crippen molar-refractivity contribution in [2.75, 3.05) is 0 Å². The second-order valence-electron chi connectivity index (χ2n) is 3.56. The second kappa shape index (κ2) is 4.58. The Morgan fingerprint density at radius 2 is 2.29 bits per heavy atom. The van der Waals surface area contributed by atoms with Crippen molar-refractivity contribution in [1.29, 1.82) is 0 Å². The van der Waals surface area contributed by atoms with Gasteiger partial charge in [0.1, 0.15) is 0 Å². The van der Waals surface area contributed by atoms with Crippen LogP contribution in [0.25, 0.3) is 5.69 Å². The van der Waals surface area contributed by atoms with Crippen molar-refractivity contribution in [3.05, 3.63) is 46.2 Å². The Balaban J connectivity index is 2.67. The summed E-state index contributed by atoms with van der Waals surface area (Å²) < 4.78 is 2.55. The molecule has 1 aromatic carbocycles. The minimum Gasteiger partial charge on any atom is -0.409 e. The van der Waals surface area contributed by atoms with Gasteiger partial charge in [0.2, 0.25) is 0 Å². The molecule has 0 saturated heterocycles. The fourth-order valence-corrected chi connectivity index (χ4v) is 1.93. The first kappa shape index (κ1) is 11.7. The number of hydrogen-bond acceptors (Lipinski definition) is 3. The summed E-state index contributed by atoms with van der Waals surface area (Å²) in [5.74, 6) is 0.0651. The van der Waals surface area contributed by atoms with Crippen LogP contribution in [-0.2, 0) is 0 Å². The predicted octanol–water partition coefficient (Wildman–Crippen LogP) is 2.04. The van der Waals surface area contributed by atoms with E-state index in [1.165, 1.54) is 0 Å². The van der Waals surface area contributed by atoms with Crippen molar-refractivity contribution in [2.24, 2.45) is 10.9 Å². The van der Waals surface area contributed by atoms with Crippen molar-refractivity contribution >= 4 is 21.8 Å². The maximum absolute atomic E-state index is 8.78. The number of benzene rings is 1. The van der Waals surface area contributed by atoms with E-state index in [0.29, 0.717) is 5.56 Å². The van der Waals surface area contributed by atoms with Crippen LogP contribution in [-0.4, -0.2) is 20.8 Å². The summed E-state index contributed by atoms with van der Waals surface area (Å²) in [6.45, 7) is 1.94. The van der Waals surface area contributed by atoms with Gasteiger partial charge in [-0.15, -0.1) is 0 Å². The van der Waals surface area contributed by atoms with Gasteiger partial charge in [-0.05, 0) is 34.5 Å². The molecule has 0 fully saturated rings. The molecule has 1 heterocycles. The van der Waals surface area contributed by atoms with Gasteiger partial charge >= 0.3 is 0 Å². The van der Waals surface area contributed by atoms with E-state index in [2.05, 4.69) is 26.2 Å². The maximum atomic E-state index is 8.78. The number of nitrogens with zero attached hydrogens (tertiary/aromatic N) is 3. The molecule has 3 N–H and O–H groups in total. The number of rotatable bonds is 2. The van der Waals surface area contributed by atoms with Crippen LogP contribution in [0.2, 0.25) is 0 Å². The predicted molar refractivity (Wildman–Crippen MR) is 68.5 cm³/mol. The zero-order chi connectivity index (χ0) is 12.4. The van der Waals surface area contributed by atoms with Crippen molar-refractivity contribution in [3.63, 3.8) is 0 Å². The Hall–Kier alpha value is -1.82. The van der Waals surface area contributed by atoms with Gasteiger partial charge in [-0.3, -0.25) is 0 Å². The van der Waals surface area contributed by atoms with Crippen LogP contribution < -0.4 is 5.73 Å². The molecule has 2 aromatic rings. The molecule has 1 aromatic heterocycles. The van der Waals surface area contributed by atoms with Crippen molar-refractivity contribution in [1.82, 2.24) is 9.78 Å². The highest BCUT2D eigenvalue weighted by atomic mass is 79.9. The molecule has 5 nitrogen and oxygen atoms in total. The van der Waals surface area contributed by atoms with Gasteiger partial charge in [-0.2, -0.15) is 5.10 Å². The topological polar surface area (TPSA) is 76.4 Å². The van der Waals surface area contributed by atoms with Crippen LogP contribution in [0, 0.1) is 6.92 Å². The highest BCUT2D eigenvalue weighted by Crippen LogP contribution is 2.20. The maximum Gasteiger partial charge on any atom is 0.172 e. The molecule has 0 aliphatic heterocycles. The Kier molecular flexibility index (Phi) is 3.14. The number of amidine groups is 1. The zero-order valence-electron chi connectivity index (χ0n) is 9.13. The largest absolute Gasteiger partial charge is 0.409 e. The monoisotopic (exact) mass is 294 g/mol. The SMILES string of the molecule is Cc1cccc(/C(N)=N/O)c1-n1cc(Br)cn1. The second-order valence-corrected chi connectivity index (χ2v) is 4.48. The first-order chi connectivity index (χ1) is 8.13. The van der Waals surface area contributed by atoms with Gasteiger partial charge in [-0.25, -0.2) is 4.68 Å². The highest BCUT2D eigenvalue weighted by molar-refractivity contribution is 9.10. The average Bonchev–Trinajstić information content (AvgIpc) is 2.74. The van der Waals surface area contributed by atoms with Crippen LogP contribution in [0.1, 0.15) is 11.1 Å². The summed E-state index contributed by atoms with van der Waals surface area (Å²) >= 11 is 3.34.